The Balaban J connectivity index is 1.72. The van der Waals surface area contributed by atoms with Gasteiger partial charge in [0, 0.05) is 6.54 Å². The molecule has 0 aromatic heterocycles. The molecule has 1 N–H and O–H groups in total. The Kier molecular flexibility index (Phi) is 6.48. The van der Waals surface area contributed by atoms with E-state index in [9.17, 15) is 4.79 Å². The summed E-state index contributed by atoms with van der Waals surface area (Å²) in [6.07, 6.45) is 0.972. The van der Waals surface area contributed by atoms with Gasteiger partial charge in [0.05, 0.1) is 6.61 Å². The minimum atomic E-state index is -0.142. The van der Waals surface area contributed by atoms with Gasteiger partial charge in [0.1, 0.15) is 11.5 Å². The van der Waals surface area contributed by atoms with Gasteiger partial charge in [-0.1, -0.05) is 36.8 Å². The summed E-state index contributed by atoms with van der Waals surface area (Å²) in [5.74, 6) is 1.32. The standard InChI is InChI=1S/C19H23NO3/c1-3-12-22-17-8-10-18(11-9-17)23-14-19(21)20-13-16-6-4-15(2)5-7-16/h4-11H,3,12-14H2,1-2H3,(H,20,21). The first-order chi connectivity index (χ1) is 11.2. The lowest BCUT2D eigenvalue weighted by atomic mass is 10.1. The van der Waals surface area contributed by atoms with Crippen molar-refractivity contribution in [3.8, 4) is 11.5 Å². The molecule has 0 atom stereocenters. The second kappa shape index (κ2) is 8.83. The molecule has 0 saturated heterocycles. The zero-order valence-corrected chi connectivity index (χ0v) is 13.7. The van der Waals surface area contributed by atoms with Gasteiger partial charge in [0.25, 0.3) is 5.91 Å². The van der Waals surface area contributed by atoms with Crippen molar-refractivity contribution in [1.82, 2.24) is 5.32 Å². The smallest absolute Gasteiger partial charge is 0.258 e. The molecule has 122 valence electrons. The van der Waals surface area contributed by atoms with Crippen LogP contribution in [0.25, 0.3) is 0 Å². The highest BCUT2D eigenvalue weighted by atomic mass is 16.5. The number of ether oxygens (including phenoxy) is 2. The van der Waals surface area contributed by atoms with Crippen LogP contribution in [0.1, 0.15) is 24.5 Å². The molecule has 1 amide bonds. The number of aryl methyl sites for hydroxylation is 1. The van der Waals surface area contributed by atoms with Gasteiger partial charge < -0.3 is 14.8 Å². The minimum absolute atomic E-state index is 0.00102. The maximum atomic E-state index is 11.8. The summed E-state index contributed by atoms with van der Waals surface area (Å²) in [5.41, 5.74) is 2.27. The maximum absolute atomic E-state index is 11.8. The molecular formula is C19H23NO3. The van der Waals surface area contributed by atoms with Crippen LogP contribution >= 0.6 is 0 Å². The van der Waals surface area contributed by atoms with Crippen LogP contribution in [-0.2, 0) is 11.3 Å². The lowest BCUT2D eigenvalue weighted by Crippen LogP contribution is -2.28. The van der Waals surface area contributed by atoms with E-state index in [1.165, 1.54) is 5.56 Å². The van der Waals surface area contributed by atoms with Crippen LogP contribution in [0.5, 0.6) is 11.5 Å². The highest BCUT2D eigenvalue weighted by Crippen LogP contribution is 2.17. The number of carbonyl (C=O) groups excluding carboxylic acids is 1. The predicted molar refractivity (Wildman–Crippen MR) is 90.7 cm³/mol. The van der Waals surface area contributed by atoms with Crippen LogP contribution in [0, 0.1) is 6.92 Å². The first kappa shape index (κ1) is 16.9. The lowest BCUT2D eigenvalue weighted by Gasteiger charge is -2.09. The Bertz CT molecular complexity index is 606. The van der Waals surface area contributed by atoms with Gasteiger partial charge in [-0.15, -0.1) is 0 Å². The van der Waals surface area contributed by atoms with Gasteiger partial charge in [-0.2, -0.15) is 0 Å². The molecular weight excluding hydrogens is 290 g/mol. The fourth-order valence-corrected chi connectivity index (χ4v) is 1.96. The second-order valence-electron chi connectivity index (χ2n) is 5.37. The van der Waals surface area contributed by atoms with Gasteiger partial charge in [0.2, 0.25) is 0 Å². The summed E-state index contributed by atoms with van der Waals surface area (Å²) < 4.78 is 11.0. The van der Waals surface area contributed by atoms with Crippen LogP contribution in [0.3, 0.4) is 0 Å². The molecule has 0 spiro atoms. The van der Waals surface area contributed by atoms with Crippen molar-refractivity contribution in [3.05, 3.63) is 59.7 Å². The van der Waals surface area contributed by atoms with Crippen LogP contribution in [-0.4, -0.2) is 19.1 Å². The molecule has 0 saturated carbocycles. The summed E-state index contributed by atoms with van der Waals surface area (Å²) in [5, 5.41) is 2.84. The van der Waals surface area contributed by atoms with Crippen LogP contribution in [0.2, 0.25) is 0 Å². The number of amides is 1. The van der Waals surface area contributed by atoms with Gasteiger partial charge in [-0.05, 0) is 43.2 Å². The fourth-order valence-electron chi connectivity index (χ4n) is 1.96. The molecule has 0 unspecified atom stereocenters. The van der Waals surface area contributed by atoms with E-state index < -0.39 is 0 Å². The molecule has 0 bridgehead atoms. The Hall–Kier alpha value is -2.49. The summed E-state index contributed by atoms with van der Waals surface area (Å²) in [4.78, 5) is 11.8. The Labute approximate surface area is 137 Å². The quantitative estimate of drug-likeness (QED) is 0.811. The van der Waals surface area contributed by atoms with E-state index in [2.05, 4.69) is 12.2 Å². The van der Waals surface area contributed by atoms with Crippen molar-refractivity contribution >= 4 is 5.91 Å². The maximum Gasteiger partial charge on any atom is 0.258 e. The van der Waals surface area contributed by atoms with Crippen molar-refractivity contribution < 1.29 is 14.3 Å². The first-order valence-electron chi connectivity index (χ1n) is 7.85. The number of hydrogen-bond donors (Lipinski definition) is 1. The predicted octanol–water partition coefficient (Wildman–Crippen LogP) is 3.48. The average Bonchev–Trinajstić information content (AvgIpc) is 2.58. The molecule has 0 aliphatic rings. The first-order valence-corrected chi connectivity index (χ1v) is 7.85. The van der Waals surface area contributed by atoms with Gasteiger partial charge >= 0.3 is 0 Å². The Morgan fingerprint density at radius 3 is 2.17 bits per heavy atom. The summed E-state index contributed by atoms with van der Waals surface area (Å²) in [6.45, 7) is 5.30. The van der Waals surface area contributed by atoms with E-state index in [1.54, 1.807) is 12.1 Å². The van der Waals surface area contributed by atoms with Crippen LogP contribution in [0.15, 0.2) is 48.5 Å². The largest absolute Gasteiger partial charge is 0.494 e. The van der Waals surface area contributed by atoms with Crippen LogP contribution < -0.4 is 14.8 Å². The molecule has 2 aromatic rings. The van der Waals surface area contributed by atoms with Gasteiger partial charge in [-0.25, -0.2) is 0 Å². The molecule has 0 fully saturated rings. The van der Waals surface area contributed by atoms with E-state index in [0.29, 0.717) is 18.9 Å². The summed E-state index contributed by atoms with van der Waals surface area (Å²) >= 11 is 0. The third kappa shape index (κ3) is 6.02. The third-order valence-electron chi connectivity index (χ3n) is 3.28. The second-order valence-corrected chi connectivity index (χ2v) is 5.37. The van der Waals surface area contributed by atoms with Gasteiger partial charge in [-0.3, -0.25) is 4.79 Å². The molecule has 0 aliphatic heterocycles. The molecule has 23 heavy (non-hydrogen) atoms. The number of benzene rings is 2. The average molecular weight is 313 g/mol. The highest BCUT2D eigenvalue weighted by Gasteiger charge is 2.03. The van der Waals surface area contributed by atoms with Crippen molar-refractivity contribution in [2.24, 2.45) is 0 Å². The zero-order valence-electron chi connectivity index (χ0n) is 13.7. The van der Waals surface area contributed by atoms with Crippen LogP contribution in [0.4, 0.5) is 0 Å². The van der Waals surface area contributed by atoms with Gasteiger partial charge in [0.15, 0.2) is 6.61 Å². The van der Waals surface area contributed by atoms with E-state index >= 15 is 0 Å². The lowest BCUT2D eigenvalue weighted by molar-refractivity contribution is -0.123. The zero-order chi connectivity index (χ0) is 16.5. The molecule has 2 rings (SSSR count). The summed E-state index contributed by atoms with van der Waals surface area (Å²) in [7, 11) is 0. The fraction of sp³-hybridized carbons (Fsp3) is 0.316. The molecule has 2 aromatic carbocycles. The number of rotatable bonds is 8. The molecule has 4 heteroatoms. The van der Waals surface area contributed by atoms with Crippen molar-refractivity contribution in [1.29, 1.82) is 0 Å². The monoisotopic (exact) mass is 313 g/mol. The third-order valence-corrected chi connectivity index (χ3v) is 3.28. The molecule has 4 nitrogen and oxygen atoms in total. The van der Waals surface area contributed by atoms with Crippen molar-refractivity contribution in [3.63, 3.8) is 0 Å². The SMILES string of the molecule is CCCOc1ccc(OCC(=O)NCc2ccc(C)cc2)cc1. The minimum Gasteiger partial charge on any atom is -0.494 e. The van der Waals surface area contributed by atoms with E-state index in [1.807, 2.05) is 43.3 Å². The number of carbonyl (C=O) groups is 1. The summed E-state index contributed by atoms with van der Waals surface area (Å²) in [6, 6.07) is 15.4. The van der Waals surface area contributed by atoms with E-state index in [4.69, 9.17) is 9.47 Å². The van der Waals surface area contributed by atoms with E-state index in [0.717, 1.165) is 17.7 Å². The normalized spacial score (nSPS) is 10.2. The topological polar surface area (TPSA) is 47.6 Å². The van der Waals surface area contributed by atoms with E-state index in [-0.39, 0.29) is 12.5 Å². The molecule has 0 radical (unpaired) electrons. The molecule has 0 heterocycles. The Morgan fingerprint density at radius 1 is 0.957 bits per heavy atom. The van der Waals surface area contributed by atoms with Crippen molar-refractivity contribution in [2.75, 3.05) is 13.2 Å². The Morgan fingerprint density at radius 2 is 1.57 bits per heavy atom. The molecule has 0 aliphatic carbocycles. The highest BCUT2D eigenvalue weighted by molar-refractivity contribution is 5.77. The number of nitrogens with one attached hydrogen (secondary N) is 1. The number of hydrogen-bond acceptors (Lipinski definition) is 3. The van der Waals surface area contributed by atoms with Crippen molar-refractivity contribution in [2.45, 2.75) is 26.8 Å².